The highest BCUT2D eigenvalue weighted by Gasteiger charge is 2.25. The fourth-order valence-corrected chi connectivity index (χ4v) is 4.24. The van der Waals surface area contributed by atoms with Gasteiger partial charge in [0.05, 0.1) is 5.75 Å². The lowest BCUT2D eigenvalue weighted by Gasteiger charge is -2.28. The Bertz CT molecular complexity index is 803. The van der Waals surface area contributed by atoms with E-state index in [1.165, 1.54) is 16.7 Å². The number of benzene rings is 2. The van der Waals surface area contributed by atoms with Gasteiger partial charge in [0.2, 0.25) is 11.8 Å². The zero-order chi connectivity index (χ0) is 21.9. The Morgan fingerprint density at radius 2 is 1.70 bits per heavy atom. The van der Waals surface area contributed by atoms with E-state index in [0.29, 0.717) is 18.8 Å². The lowest BCUT2D eigenvalue weighted by Crippen LogP contribution is -2.48. The zero-order valence-corrected chi connectivity index (χ0v) is 19.4. The normalized spacial score (nSPS) is 11.7. The van der Waals surface area contributed by atoms with Gasteiger partial charge in [0.15, 0.2) is 0 Å². The molecule has 5 heteroatoms. The first-order chi connectivity index (χ1) is 14.4. The number of nitrogens with zero attached hydrogens (tertiary/aromatic N) is 1. The number of carbonyl (C=O) groups is 2. The molecule has 1 unspecified atom stereocenters. The second-order valence-corrected chi connectivity index (χ2v) is 8.80. The summed E-state index contributed by atoms with van der Waals surface area (Å²) < 4.78 is 0. The van der Waals surface area contributed by atoms with E-state index in [-0.39, 0.29) is 11.8 Å². The van der Waals surface area contributed by atoms with Gasteiger partial charge in [-0.1, -0.05) is 73.0 Å². The monoisotopic (exact) mass is 426 g/mol. The van der Waals surface area contributed by atoms with Crippen molar-refractivity contribution in [2.45, 2.75) is 58.9 Å². The number of carbonyl (C=O) groups excluding carboxylic acids is 2. The Labute approximate surface area is 185 Å². The van der Waals surface area contributed by atoms with Crippen molar-refractivity contribution >= 4 is 23.6 Å². The maximum Gasteiger partial charge on any atom is 0.242 e. The Morgan fingerprint density at radius 1 is 1.03 bits per heavy atom. The molecule has 0 aromatic heterocycles. The van der Waals surface area contributed by atoms with Crippen LogP contribution in [0.4, 0.5) is 0 Å². The van der Waals surface area contributed by atoms with Crippen LogP contribution in [0.3, 0.4) is 0 Å². The van der Waals surface area contributed by atoms with Gasteiger partial charge in [-0.15, -0.1) is 11.8 Å². The van der Waals surface area contributed by atoms with Crippen LogP contribution < -0.4 is 5.32 Å². The number of aryl methyl sites for hydroxylation is 2. The number of hydrogen-bond acceptors (Lipinski definition) is 3. The molecule has 0 radical (unpaired) electrons. The second kappa shape index (κ2) is 12.4. The molecule has 2 aromatic rings. The minimum absolute atomic E-state index is 0.00799. The molecule has 1 N–H and O–H groups in total. The van der Waals surface area contributed by atoms with Gasteiger partial charge >= 0.3 is 0 Å². The van der Waals surface area contributed by atoms with Crippen LogP contribution in [-0.2, 0) is 21.9 Å². The first kappa shape index (κ1) is 24.0. The standard InChI is InChI=1S/C25H34N2O2S/c1-5-6-12-26-25(29)21(4)27(16-22-10-8-7-9-11-22)24(28)18-30-17-23-14-19(2)13-20(3)15-23/h7-11,13-15,21H,5-6,12,16-18H2,1-4H3,(H,26,29). The predicted molar refractivity (Wildman–Crippen MR) is 126 cm³/mol. The summed E-state index contributed by atoms with van der Waals surface area (Å²) in [5.74, 6) is 1.04. The van der Waals surface area contributed by atoms with Crippen molar-refractivity contribution in [1.29, 1.82) is 0 Å². The Kier molecular flexibility index (Phi) is 9.95. The molecule has 0 spiro atoms. The van der Waals surface area contributed by atoms with E-state index >= 15 is 0 Å². The number of unbranched alkanes of at least 4 members (excludes halogenated alkanes) is 1. The first-order valence-corrected chi connectivity index (χ1v) is 11.8. The smallest absolute Gasteiger partial charge is 0.242 e. The molecule has 0 fully saturated rings. The van der Waals surface area contributed by atoms with Crippen molar-refractivity contribution < 1.29 is 9.59 Å². The third-order valence-electron chi connectivity index (χ3n) is 4.97. The minimum atomic E-state index is -0.503. The molecule has 2 rings (SSSR count). The third-order valence-corrected chi connectivity index (χ3v) is 5.96. The average molecular weight is 427 g/mol. The number of hydrogen-bond donors (Lipinski definition) is 1. The van der Waals surface area contributed by atoms with E-state index in [9.17, 15) is 9.59 Å². The molecule has 2 amide bonds. The van der Waals surface area contributed by atoms with Gasteiger partial charge in [0.25, 0.3) is 0 Å². The molecule has 0 saturated heterocycles. The summed E-state index contributed by atoms with van der Waals surface area (Å²) in [6, 6.07) is 15.8. The molecular weight excluding hydrogens is 392 g/mol. The minimum Gasteiger partial charge on any atom is -0.354 e. The predicted octanol–water partition coefficient (Wildman–Crippen LogP) is 4.87. The highest BCUT2D eigenvalue weighted by Crippen LogP contribution is 2.18. The molecule has 4 nitrogen and oxygen atoms in total. The van der Waals surface area contributed by atoms with Gasteiger partial charge in [0.1, 0.15) is 6.04 Å². The molecule has 162 valence electrons. The van der Waals surface area contributed by atoms with Crippen molar-refractivity contribution in [1.82, 2.24) is 10.2 Å². The number of thioether (sulfide) groups is 1. The van der Waals surface area contributed by atoms with Crippen molar-refractivity contribution in [2.24, 2.45) is 0 Å². The zero-order valence-electron chi connectivity index (χ0n) is 18.6. The van der Waals surface area contributed by atoms with E-state index in [4.69, 9.17) is 0 Å². The van der Waals surface area contributed by atoms with Crippen molar-refractivity contribution in [3.63, 3.8) is 0 Å². The van der Waals surface area contributed by atoms with Gasteiger partial charge in [-0.3, -0.25) is 9.59 Å². The molecule has 0 aliphatic heterocycles. The molecule has 1 atom stereocenters. The van der Waals surface area contributed by atoms with E-state index in [0.717, 1.165) is 24.2 Å². The maximum atomic E-state index is 13.1. The van der Waals surface area contributed by atoms with Gasteiger partial charge in [-0.25, -0.2) is 0 Å². The van der Waals surface area contributed by atoms with Crippen LogP contribution in [0.25, 0.3) is 0 Å². The van der Waals surface area contributed by atoms with E-state index in [1.54, 1.807) is 16.7 Å². The summed E-state index contributed by atoms with van der Waals surface area (Å²) in [5.41, 5.74) is 4.73. The topological polar surface area (TPSA) is 49.4 Å². The van der Waals surface area contributed by atoms with Crippen molar-refractivity contribution in [3.05, 3.63) is 70.8 Å². The Hall–Kier alpha value is -2.27. The molecule has 0 aliphatic carbocycles. The van der Waals surface area contributed by atoms with Gasteiger partial charge in [-0.2, -0.15) is 0 Å². The molecular formula is C25H34N2O2S. The Morgan fingerprint density at radius 3 is 2.33 bits per heavy atom. The van der Waals surface area contributed by atoms with Crippen LogP contribution in [0.2, 0.25) is 0 Å². The number of nitrogens with one attached hydrogen (secondary N) is 1. The SMILES string of the molecule is CCCCNC(=O)C(C)N(Cc1ccccc1)C(=O)CSCc1cc(C)cc(C)c1. The molecule has 30 heavy (non-hydrogen) atoms. The summed E-state index contributed by atoms with van der Waals surface area (Å²) in [6.07, 6.45) is 1.97. The molecule has 2 aromatic carbocycles. The maximum absolute atomic E-state index is 13.1. The van der Waals surface area contributed by atoms with Gasteiger partial charge in [-0.05, 0) is 38.3 Å². The highest BCUT2D eigenvalue weighted by molar-refractivity contribution is 7.99. The summed E-state index contributed by atoms with van der Waals surface area (Å²) in [6.45, 7) is 9.17. The largest absolute Gasteiger partial charge is 0.354 e. The van der Waals surface area contributed by atoms with Crippen LogP contribution in [0, 0.1) is 13.8 Å². The lowest BCUT2D eigenvalue weighted by atomic mass is 10.1. The summed E-state index contributed by atoms with van der Waals surface area (Å²) in [7, 11) is 0. The molecule has 0 heterocycles. The first-order valence-electron chi connectivity index (χ1n) is 10.7. The average Bonchev–Trinajstić information content (AvgIpc) is 2.71. The molecule has 0 saturated carbocycles. The summed E-state index contributed by atoms with van der Waals surface area (Å²) in [5, 5.41) is 2.96. The van der Waals surface area contributed by atoms with Crippen LogP contribution in [0.15, 0.2) is 48.5 Å². The van der Waals surface area contributed by atoms with Crippen molar-refractivity contribution in [3.8, 4) is 0 Å². The fourth-order valence-electron chi connectivity index (χ4n) is 3.39. The van der Waals surface area contributed by atoms with Gasteiger partial charge in [0, 0.05) is 18.8 Å². The number of rotatable bonds is 11. The molecule has 0 aliphatic rings. The summed E-state index contributed by atoms with van der Waals surface area (Å²) >= 11 is 1.60. The van der Waals surface area contributed by atoms with Crippen LogP contribution in [0.1, 0.15) is 48.9 Å². The van der Waals surface area contributed by atoms with Crippen LogP contribution in [-0.4, -0.2) is 35.1 Å². The summed E-state index contributed by atoms with van der Waals surface area (Å²) in [4.78, 5) is 27.4. The van der Waals surface area contributed by atoms with Gasteiger partial charge < -0.3 is 10.2 Å². The van der Waals surface area contributed by atoms with Crippen molar-refractivity contribution in [2.75, 3.05) is 12.3 Å². The van der Waals surface area contributed by atoms with E-state index in [1.807, 2.05) is 37.3 Å². The Balaban J connectivity index is 2.02. The van der Waals surface area contributed by atoms with Crippen LogP contribution >= 0.6 is 11.8 Å². The third kappa shape index (κ3) is 7.86. The fraction of sp³-hybridized carbons (Fsp3) is 0.440. The highest BCUT2D eigenvalue weighted by atomic mass is 32.2. The van der Waals surface area contributed by atoms with E-state index in [2.05, 4.69) is 44.3 Å². The lowest BCUT2D eigenvalue weighted by molar-refractivity contribution is -0.138. The van der Waals surface area contributed by atoms with E-state index < -0.39 is 6.04 Å². The quantitative estimate of drug-likeness (QED) is 0.522. The number of amides is 2. The molecule has 0 bridgehead atoms. The second-order valence-electron chi connectivity index (χ2n) is 7.82. The van der Waals surface area contributed by atoms with Crippen LogP contribution in [0.5, 0.6) is 0 Å².